The van der Waals surface area contributed by atoms with Crippen LogP contribution in [-0.4, -0.2) is 36.7 Å². The highest BCUT2D eigenvalue weighted by molar-refractivity contribution is 9.10. The topological polar surface area (TPSA) is 64.3 Å². The predicted octanol–water partition coefficient (Wildman–Crippen LogP) is 1.42. The number of aromatic nitrogens is 2. The predicted molar refractivity (Wildman–Crippen MR) is 67.8 cm³/mol. The number of methoxy groups -OCH3 is 1. The zero-order valence-electron chi connectivity index (χ0n) is 9.61. The van der Waals surface area contributed by atoms with Gasteiger partial charge in [-0.25, -0.2) is 4.98 Å². The third kappa shape index (κ3) is 3.31. The van der Waals surface area contributed by atoms with E-state index in [9.17, 15) is 0 Å². The summed E-state index contributed by atoms with van der Waals surface area (Å²) in [6.07, 6.45) is 2.63. The first-order chi connectivity index (χ1) is 7.72. The summed E-state index contributed by atoms with van der Waals surface area (Å²) in [5, 5.41) is 0. The standard InChI is InChI=1S/C10H17BrN4O/c1-3-15(6-4-5-12)10-13-7-8(11)9(14-10)16-2/h7H,3-6,12H2,1-2H3. The molecule has 2 N–H and O–H groups in total. The molecule has 1 aromatic rings. The van der Waals surface area contributed by atoms with E-state index in [2.05, 4.69) is 37.7 Å². The van der Waals surface area contributed by atoms with E-state index >= 15 is 0 Å². The van der Waals surface area contributed by atoms with Crippen molar-refractivity contribution in [3.8, 4) is 5.88 Å². The Balaban J connectivity index is 2.83. The number of hydrogen-bond donors (Lipinski definition) is 1. The summed E-state index contributed by atoms with van der Waals surface area (Å²) in [5.41, 5.74) is 5.49. The maximum absolute atomic E-state index is 5.49. The molecular formula is C10H17BrN4O. The Bertz CT molecular complexity index is 335. The van der Waals surface area contributed by atoms with Crippen LogP contribution in [0.2, 0.25) is 0 Å². The average Bonchev–Trinajstić information content (AvgIpc) is 2.32. The molecule has 0 aliphatic carbocycles. The Morgan fingerprint density at radius 1 is 1.56 bits per heavy atom. The largest absolute Gasteiger partial charge is 0.480 e. The number of nitrogens with zero attached hydrogens (tertiary/aromatic N) is 3. The Morgan fingerprint density at radius 3 is 2.88 bits per heavy atom. The Morgan fingerprint density at radius 2 is 2.31 bits per heavy atom. The second kappa shape index (κ2) is 6.65. The lowest BCUT2D eigenvalue weighted by atomic mass is 10.4. The number of halogens is 1. The van der Waals surface area contributed by atoms with Gasteiger partial charge in [-0.2, -0.15) is 4.98 Å². The molecule has 1 rings (SSSR count). The van der Waals surface area contributed by atoms with Crippen molar-refractivity contribution in [1.29, 1.82) is 0 Å². The molecule has 0 aromatic carbocycles. The molecular weight excluding hydrogens is 272 g/mol. The zero-order chi connectivity index (χ0) is 12.0. The summed E-state index contributed by atoms with van der Waals surface area (Å²) >= 11 is 3.33. The van der Waals surface area contributed by atoms with Crippen LogP contribution in [0.1, 0.15) is 13.3 Å². The van der Waals surface area contributed by atoms with E-state index in [-0.39, 0.29) is 0 Å². The molecule has 1 heterocycles. The molecule has 0 aliphatic rings. The fourth-order valence-corrected chi connectivity index (χ4v) is 1.67. The van der Waals surface area contributed by atoms with E-state index in [0.717, 1.165) is 24.0 Å². The maximum atomic E-state index is 5.49. The smallest absolute Gasteiger partial charge is 0.232 e. The second-order valence-corrected chi connectivity index (χ2v) is 4.10. The minimum absolute atomic E-state index is 0.552. The molecule has 90 valence electrons. The Kier molecular flexibility index (Phi) is 5.48. The highest BCUT2D eigenvalue weighted by Crippen LogP contribution is 2.23. The maximum Gasteiger partial charge on any atom is 0.232 e. The normalized spacial score (nSPS) is 10.2. The Labute approximate surface area is 104 Å². The summed E-state index contributed by atoms with van der Waals surface area (Å²) in [5.74, 6) is 1.23. The molecule has 0 bridgehead atoms. The number of rotatable bonds is 6. The van der Waals surface area contributed by atoms with Gasteiger partial charge in [-0.1, -0.05) is 0 Å². The van der Waals surface area contributed by atoms with Gasteiger partial charge >= 0.3 is 0 Å². The van der Waals surface area contributed by atoms with Crippen LogP contribution in [0, 0.1) is 0 Å². The molecule has 1 aromatic heterocycles. The molecule has 0 saturated heterocycles. The highest BCUT2D eigenvalue weighted by atomic mass is 79.9. The monoisotopic (exact) mass is 288 g/mol. The van der Waals surface area contributed by atoms with Crippen molar-refractivity contribution in [2.24, 2.45) is 5.73 Å². The summed E-state index contributed by atoms with van der Waals surface area (Å²) in [6, 6.07) is 0. The quantitative estimate of drug-likeness (QED) is 0.858. The van der Waals surface area contributed by atoms with Crippen molar-refractivity contribution in [1.82, 2.24) is 9.97 Å². The van der Waals surface area contributed by atoms with E-state index in [1.807, 2.05) is 0 Å². The molecule has 0 saturated carbocycles. The molecule has 6 heteroatoms. The van der Waals surface area contributed by atoms with Crippen molar-refractivity contribution in [2.45, 2.75) is 13.3 Å². The van der Waals surface area contributed by atoms with E-state index in [1.165, 1.54) is 0 Å². The van der Waals surface area contributed by atoms with Crippen LogP contribution < -0.4 is 15.4 Å². The lowest BCUT2D eigenvalue weighted by Gasteiger charge is -2.20. The number of hydrogen-bond acceptors (Lipinski definition) is 5. The summed E-state index contributed by atoms with van der Waals surface area (Å²) in [4.78, 5) is 10.6. The van der Waals surface area contributed by atoms with E-state index < -0.39 is 0 Å². The van der Waals surface area contributed by atoms with Crippen molar-refractivity contribution in [2.75, 3.05) is 31.6 Å². The van der Waals surface area contributed by atoms with E-state index in [4.69, 9.17) is 10.5 Å². The number of nitrogens with two attached hydrogens (primary N) is 1. The van der Waals surface area contributed by atoms with Crippen LogP contribution in [0.25, 0.3) is 0 Å². The van der Waals surface area contributed by atoms with Gasteiger partial charge in [0, 0.05) is 13.1 Å². The van der Waals surface area contributed by atoms with Crippen LogP contribution in [0.5, 0.6) is 5.88 Å². The van der Waals surface area contributed by atoms with Crippen LogP contribution in [0.15, 0.2) is 10.7 Å². The molecule has 0 unspecified atom stereocenters. The van der Waals surface area contributed by atoms with Gasteiger partial charge in [0.05, 0.1) is 17.8 Å². The van der Waals surface area contributed by atoms with Crippen molar-refractivity contribution in [3.63, 3.8) is 0 Å². The number of ether oxygens (including phenoxy) is 1. The van der Waals surface area contributed by atoms with Gasteiger partial charge in [0.2, 0.25) is 11.8 Å². The lowest BCUT2D eigenvalue weighted by molar-refractivity contribution is 0.393. The van der Waals surface area contributed by atoms with Gasteiger partial charge in [0.1, 0.15) is 0 Å². The third-order valence-electron chi connectivity index (χ3n) is 2.19. The average molecular weight is 289 g/mol. The minimum atomic E-state index is 0.552. The summed E-state index contributed by atoms with van der Waals surface area (Å²) in [6.45, 7) is 4.45. The van der Waals surface area contributed by atoms with Crippen molar-refractivity contribution in [3.05, 3.63) is 10.7 Å². The molecule has 0 amide bonds. The molecule has 5 nitrogen and oxygen atoms in total. The molecule has 0 radical (unpaired) electrons. The van der Waals surface area contributed by atoms with Gasteiger partial charge in [0.25, 0.3) is 0 Å². The van der Waals surface area contributed by atoms with Crippen LogP contribution in [0.3, 0.4) is 0 Å². The lowest BCUT2D eigenvalue weighted by Crippen LogP contribution is -2.27. The SMILES string of the molecule is CCN(CCCN)c1ncc(Br)c(OC)n1. The molecule has 0 fully saturated rings. The first-order valence-corrected chi connectivity index (χ1v) is 6.03. The summed E-state index contributed by atoms with van der Waals surface area (Å²) in [7, 11) is 1.59. The van der Waals surface area contributed by atoms with Crippen LogP contribution in [0.4, 0.5) is 5.95 Å². The van der Waals surface area contributed by atoms with Gasteiger partial charge < -0.3 is 15.4 Å². The molecule has 16 heavy (non-hydrogen) atoms. The number of anilines is 1. The van der Waals surface area contributed by atoms with E-state index in [0.29, 0.717) is 18.4 Å². The fourth-order valence-electron chi connectivity index (χ4n) is 1.32. The van der Waals surface area contributed by atoms with Crippen molar-refractivity contribution < 1.29 is 4.74 Å². The minimum Gasteiger partial charge on any atom is -0.480 e. The molecule has 0 atom stereocenters. The van der Waals surface area contributed by atoms with Crippen LogP contribution >= 0.6 is 15.9 Å². The fraction of sp³-hybridized carbons (Fsp3) is 0.600. The highest BCUT2D eigenvalue weighted by Gasteiger charge is 2.10. The zero-order valence-corrected chi connectivity index (χ0v) is 11.2. The Hall–Kier alpha value is -0.880. The first kappa shape index (κ1) is 13.2. The van der Waals surface area contributed by atoms with Crippen LogP contribution in [-0.2, 0) is 0 Å². The summed E-state index contributed by atoms with van der Waals surface area (Å²) < 4.78 is 5.89. The van der Waals surface area contributed by atoms with Crippen molar-refractivity contribution >= 4 is 21.9 Å². The molecule has 0 spiro atoms. The van der Waals surface area contributed by atoms with Gasteiger partial charge in [-0.3, -0.25) is 0 Å². The first-order valence-electron chi connectivity index (χ1n) is 5.24. The van der Waals surface area contributed by atoms with Gasteiger partial charge in [0.15, 0.2) is 0 Å². The third-order valence-corrected chi connectivity index (χ3v) is 2.73. The van der Waals surface area contributed by atoms with Gasteiger partial charge in [-0.15, -0.1) is 0 Å². The molecule has 0 aliphatic heterocycles. The second-order valence-electron chi connectivity index (χ2n) is 3.25. The van der Waals surface area contributed by atoms with Gasteiger partial charge in [-0.05, 0) is 35.8 Å². The van der Waals surface area contributed by atoms with E-state index in [1.54, 1.807) is 13.3 Å².